The van der Waals surface area contributed by atoms with Crippen molar-refractivity contribution < 1.29 is 35.9 Å². The second-order valence-electron chi connectivity index (χ2n) is 11.0. The third-order valence-electron chi connectivity index (χ3n) is 7.90. The van der Waals surface area contributed by atoms with E-state index in [9.17, 15) is 35.9 Å². The molecule has 0 spiro atoms. The summed E-state index contributed by atoms with van der Waals surface area (Å²) in [6.45, 7) is -0.402. The van der Waals surface area contributed by atoms with Crippen LogP contribution >= 0.6 is 15.9 Å². The Morgan fingerprint density at radius 1 is 0.592 bits per heavy atom. The van der Waals surface area contributed by atoms with Gasteiger partial charge in [0.1, 0.15) is 0 Å². The zero-order valence-electron chi connectivity index (χ0n) is 25.8. The van der Waals surface area contributed by atoms with E-state index in [4.69, 9.17) is 10.8 Å². The Morgan fingerprint density at radius 3 is 1.37 bits per heavy atom. The van der Waals surface area contributed by atoms with Crippen molar-refractivity contribution in [2.45, 2.75) is 25.4 Å². The summed E-state index contributed by atoms with van der Waals surface area (Å²) in [5, 5.41) is 16.2. The average molecular weight is 746 g/mol. The van der Waals surface area contributed by atoms with Crippen LogP contribution in [-0.2, 0) is 39.5 Å². The average Bonchev–Trinajstić information content (AvgIpc) is 3.45. The van der Waals surface area contributed by atoms with Crippen LogP contribution < -0.4 is 11.2 Å². The minimum atomic E-state index is -4.54. The molecule has 49 heavy (non-hydrogen) atoms. The van der Waals surface area contributed by atoms with E-state index in [0.29, 0.717) is 11.1 Å². The molecule has 0 aliphatic rings. The monoisotopic (exact) mass is 744 g/mol. The number of aryl methyl sites for hydroxylation is 2. The molecule has 254 valence electrons. The van der Waals surface area contributed by atoms with Gasteiger partial charge >= 0.3 is 12.4 Å². The third-order valence-corrected chi connectivity index (χ3v) is 8.43. The van der Waals surface area contributed by atoms with Crippen LogP contribution in [0.5, 0.6) is 0 Å². The number of ketones is 2. The number of fused-ring (bicyclic) bond motifs is 2. The maximum absolute atomic E-state index is 13.2. The predicted molar refractivity (Wildman–Crippen MR) is 173 cm³/mol. The van der Waals surface area contributed by atoms with Gasteiger partial charge in [0, 0.05) is 29.7 Å². The molecule has 15 heteroatoms. The molecule has 2 N–H and O–H groups in total. The van der Waals surface area contributed by atoms with Gasteiger partial charge in [-0.1, -0.05) is 70.5 Å². The van der Waals surface area contributed by atoms with Crippen LogP contribution in [-0.4, -0.2) is 29.8 Å². The zero-order valence-corrected chi connectivity index (χ0v) is 27.4. The number of imidazole rings is 2. The molecule has 0 radical (unpaired) electrons. The Kier molecular flexibility index (Phi) is 9.59. The van der Waals surface area contributed by atoms with Gasteiger partial charge in [-0.15, -0.1) is 0 Å². The van der Waals surface area contributed by atoms with Crippen molar-refractivity contribution in [3.05, 3.63) is 129 Å². The van der Waals surface area contributed by atoms with Crippen molar-refractivity contribution >= 4 is 49.6 Å². The molecule has 6 rings (SSSR count). The smallest absolute Gasteiger partial charge is 0.313 e. The van der Waals surface area contributed by atoms with Crippen LogP contribution in [0.25, 0.3) is 22.1 Å². The molecule has 0 atom stereocenters. The number of Topliss-reactive ketones (excluding diaryl/α,β-unsaturated/α-hetero) is 2. The van der Waals surface area contributed by atoms with Gasteiger partial charge in [-0.05, 0) is 36.4 Å². The molecule has 4 aromatic carbocycles. The number of carbonyl (C=O) groups excluding carboxylic acids is 2. The Labute approximate surface area is 282 Å². The SMILES string of the molecule is Cn1c(=N)n(CC(=O)c2ccc(Br)cc2)c2cccc(C(F)(F)F)c21.Cn1c(=N)n(CC(=O)c2ccccc2)c2cccc(C(F)(F)F)c21. The van der Waals surface area contributed by atoms with E-state index >= 15 is 0 Å². The summed E-state index contributed by atoms with van der Waals surface area (Å²) >= 11 is 3.28. The van der Waals surface area contributed by atoms with Crippen molar-refractivity contribution in [1.82, 2.24) is 18.3 Å². The van der Waals surface area contributed by atoms with Crippen LogP contribution in [0.3, 0.4) is 0 Å². The first-order valence-corrected chi connectivity index (χ1v) is 15.3. The molecule has 2 aromatic heterocycles. The first kappa shape index (κ1) is 35.1. The first-order valence-electron chi connectivity index (χ1n) is 14.5. The van der Waals surface area contributed by atoms with Crippen molar-refractivity contribution in [1.29, 1.82) is 10.8 Å². The lowest BCUT2D eigenvalue weighted by Gasteiger charge is -2.09. The highest BCUT2D eigenvalue weighted by Gasteiger charge is 2.35. The number of carbonyl (C=O) groups is 2. The maximum Gasteiger partial charge on any atom is 0.418 e. The molecule has 0 amide bonds. The van der Waals surface area contributed by atoms with E-state index in [1.165, 1.54) is 47.5 Å². The normalized spacial score (nSPS) is 11.9. The molecule has 0 bridgehead atoms. The molecule has 0 aliphatic carbocycles. The van der Waals surface area contributed by atoms with Gasteiger partial charge in [0.2, 0.25) is 11.2 Å². The molecular formula is C34H27BrF6N6O2. The summed E-state index contributed by atoms with van der Waals surface area (Å²) in [7, 11) is 2.78. The van der Waals surface area contributed by atoms with Crippen LogP contribution in [0.1, 0.15) is 31.8 Å². The van der Waals surface area contributed by atoms with Gasteiger partial charge in [-0.25, -0.2) is 0 Å². The molecule has 0 saturated carbocycles. The number of alkyl halides is 6. The molecule has 0 fully saturated rings. The van der Waals surface area contributed by atoms with E-state index in [1.807, 2.05) is 0 Å². The lowest BCUT2D eigenvalue weighted by Crippen LogP contribution is -2.26. The highest BCUT2D eigenvalue weighted by molar-refractivity contribution is 9.10. The summed E-state index contributed by atoms with van der Waals surface area (Å²) < 4.78 is 85.1. The summed E-state index contributed by atoms with van der Waals surface area (Å²) in [5.41, 5.74) is -0.887. The van der Waals surface area contributed by atoms with Crippen LogP contribution in [0.4, 0.5) is 26.3 Å². The standard InChI is InChI=1S/C17H13BrF3N3O.C17H14F3N3O/c1-23-15-12(17(19,20)21)3-2-4-13(15)24(16(23)22)9-14(25)10-5-7-11(18)8-6-10;1-22-15-12(17(18,19)20)8-5-9-13(15)23(16(22)21)10-14(24)11-6-3-2-4-7-11/h2-8,22H,9H2,1H3;2-9,21H,10H2,1H3. The van der Waals surface area contributed by atoms with Crippen LogP contribution in [0.2, 0.25) is 0 Å². The number of rotatable bonds is 6. The van der Waals surface area contributed by atoms with Gasteiger partial charge in [0.25, 0.3) is 0 Å². The lowest BCUT2D eigenvalue weighted by molar-refractivity contribution is -0.137. The summed E-state index contributed by atoms with van der Waals surface area (Å²) in [5.74, 6) is -0.546. The van der Waals surface area contributed by atoms with Crippen molar-refractivity contribution in [3.63, 3.8) is 0 Å². The number of para-hydroxylation sites is 2. The fourth-order valence-corrected chi connectivity index (χ4v) is 5.78. The highest BCUT2D eigenvalue weighted by atomic mass is 79.9. The topological polar surface area (TPSA) is 102 Å². The molecule has 0 unspecified atom stereocenters. The molecular weight excluding hydrogens is 718 g/mol. The van der Waals surface area contributed by atoms with Gasteiger partial charge in [0.05, 0.1) is 46.3 Å². The maximum atomic E-state index is 13.2. The van der Waals surface area contributed by atoms with Crippen LogP contribution in [0.15, 0.2) is 95.5 Å². The molecule has 6 aromatic rings. The number of hydrogen-bond acceptors (Lipinski definition) is 4. The predicted octanol–water partition coefficient (Wildman–Crippen LogP) is 7.48. The Bertz CT molecular complexity index is 2310. The van der Waals surface area contributed by atoms with Gasteiger partial charge in [-0.3, -0.25) is 20.4 Å². The number of nitrogens with one attached hydrogen (secondary N) is 2. The number of hydrogen-bond donors (Lipinski definition) is 2. The zero-order chi connectivity index (χ0) is 35.8. The van der Waals surface area contributed by atoms with E-state index in [1.54, 1.807) is 54.6 Å². The van der Waals surface area contributed by atoms with Crippen molar-refractivity contribution in [2.75, 3.05) is 0 Å². The summed E-state index contributed by atoms with van der Waals surface area (Å²) in [6, 6.07) is 22.6. The van der Waals surface area contributed by atoms with Gasteiger partial charge in [0.15, 0.2) is 11.6 Å². The van der Waals surface area contributed by atoms with E-state index < -0.39 is 23.5 Å². The fourth-order valence-electron chi connectivity index (χ4n) is 5.51. The lowest BCUT2D eigenvalue weighted by atomic mass is 10.1. The second kappa shape index (κ2) is 13.4. The first-order chi connectivity index (χ1) is 23.0. The Balaban J connectivity index is 0.000000191. The quantitative estimate of drug-likeness (QED) is 0.137. The van der Waals surface area contributed by atoms with Crippen LogP contribution in [0, 0.1) is 10.8 Å². The number of halogens is 7. The van der Waals surface area contributed by atoms with E-state index in [-0.39, 0.29) is 58.0 Å². The number of benzene rings is 4. The molecule has 0 saturated heterocycles. The second-order valence-corrected chi connectivity index (χ2v) is 11.9. The van der Waals surface area contributed by atoms with E-state index in [0.717, 1.165) is 25.7 Å². The minimum Gasteiger partial charge on any atom is -0.313 e. The highest BCUT2D eigenvalue weighted by Crippen LogP contribution is 2.35. The van der Waals surface area contributed by atoms with Crippen molar-refractivity contribution in [3.8, 4) is 0 Å². The number of aromatic nitrogens is 4. The largest absolute Gasteiger partial charge is 0.418 e. The summed E-state index contributed by atoms with van der Waals surface area (Å²) in [4.78, 5) is 24.8. The molecule has 0 aliphatic heterocycles. The fraction of sp³-hybridized carbons (Fsp3) is 0.176. The number of nitrogens with zero attached hydrogens (tertiary/aromatic N) is 4. The molecule has 8 nitrogen and oxygen atoms in total. The minimum absolute atomic E-state index is 0.101. The van der Waals surface area contributed by atoms with Crippen molar-refractivity contribution in [2.24, 2.45) is 14.1 Å². The Hall–Kier alpha value is -5.18. The molecule has 2 heterocycles. The van der Waals surface area contributed by atoms with Gasteiger partial charge < -0.3 is 18.3 Å². The van der Waals surface area contributed by atoms with E-state index in [2.05, 4.69) is 15.9 Å². The third kappa shape index (κ3) is 7.02. The van der Waals surface area contributed by atoms with Gasteiger partial charge in [-0.2, -0.15) is 26.3 Å². The summed E-state index contributed by atoms with van der Waals surface area (Å²) in [6.07, 6.45) is -9.06. The Morgan fingerprint density at radius 2 is 0.980 bits per heavy atom.